The normalized spacial score (nSPS) is 11.6. The molecule has 3 rings (SSSR count). The van der Waals surface area contributed by atoms with Gasteiger partial charge in [0, 0.05) is 16.3 Å². The maximum Gasteiger partial charge on any atom is 0.309 e. The van der Waals surface area contributed by atoms with E-state index in [-0.39, 0.29) is 6.54 Å². The minimum atomic E-state index is -0.697. The molecule has 2 aromatic carbocycles. The molecule has 3 aromatic rings. The summed E-state index contributed by atoms with van der Waals surface area (Å²) in [7, 11) is 0. The Hall–Kier alpha value is -2.96. The van der Waals surface area contributed by atoms with Gasteiger partial charge in [0.2, 0.25) is 0 Å². The second-order valence-corrected chi connectivity index (χ2v) is 7.49. The van der Waals surface area contributed by atoms with Crippen LogP contribution < -0.4 is 10.6 Å². The van der Waals surface area contributed by atoms with E-state index in [1.165, 1.54) is 11.3 Å². The van der Waals surface area contributed by atoms with Crippen molar-refractivity contribution in [2.45, 2.75) is 19.1 Å². The van der Waals surface area contributed by atoms with E-state index in [0.717, 1.165) is 20.9 Å². The predicted molar refractivity (Wildman–Crippen MR) is 110 cm³/mol. The monoisotopic (exact) mass is 394 g/mol. The molecule has 6 heteroatoms. The molecule has 0 aliphatic rings. The smallest absolute Gasteiger partial charge is 0.309 e. The summed E-state index contributed by atoms with van der Waals surface area (Å²) < 4.78 is 0. The van der Waals surface area contributed by atoms with Gasteiger partial charge in [0.05, 0.1) is 6.54 Å². The highest BCUT2D eigenvalue weighted by molar-refractivity contribution is 7.12. The van der Waals surface area contributed by atoms with E-state index in [4.69, 9.17) is 0 Å². The van der Waals surface area contributed by atoms with Gasteiger partial charge in [-0.25, -0.2) is 0 Å². The Bertz CT molecular complexity index is 910. The van der Waals surface area contributed by atoms with Crippen molar-refractivity contribution in [3.05, 3.63) is 93.7 Å². The lowest BCUT2D eigenvalue weighted by Crippen LogP contribution is -2.40. The number of rotatable bonds is 7. The minimum absolute atomic E-state index is 0.247. The highest BCUT2D eigenvalue weighted by Crippen LogP contribution is 2.28. The number of benzene rings is 2. The van der Waals surface area contributed by atoms with Crippen LogP contribution in [0.5, 0.6) is 0 Å². The lowest BCUT2D eigenvalue weighted by molar-refractivity contribution is -0.139. The number of hydrogen-bond acceptors (Lipinski definition) is 4. The molecular weight excluding hydrogens is 372 g/mol. The quantitative estimate of drug-likeness (QED) is 0.539. The van der Waals surface area contributed by atoms with Crippen LogP contribution >= 0.6 is 11.3 Å². The van der Waals surface area contributed by atoms with Gasteiger partial charge in [0.25, 0.3) is 0 Å². The molecule has 3 N–H and O–H groups in total. The number of carbonyl (C=O) groups is 2. The molecule has 0 saturated heterocycles. The molecule has 0 spiro atoms. The van der Waals surface area contributed by atoms with Crippen LogP contribution in [0.4, 0.5) is 0 Å². The Morgan fingerprint density at radius 3 is 2.21 bits per heavy atom. The van der Waals surface area contributed by atoms with Gasteiger partial charge < -0.3 is 15.7 Å². The molecular formula is C22H22N2O3S. The van der Waals surface area contributed by atoms with Crippen LogP contribution in [-0.4, -0.2) is 23.5 Å². The Kier molecular flexibility index (Phi) is 6.94. The third kappa shape index (κ3) is 5.52. The zero-order valence-electron chi connectivity index (χ0n) is 15.3. The van der Waals surface area contributed by atoms with E-state index in [1.54, 1.807) is 0 Å². The summed E-state index contributed by atoms with van der Waals surface area (Å²) >= 11 is 1.41. The van der Waals surface area contributed by atoms with E-state index in [2.05, 4.69) is 10.6 Å². The first kappa shape index (κ1) is 19.8. The highest BCUT2D eigenvalue weighted by atomic mass is 32.1. The Balaban J connectivity index is 1.44. The van der Waals surface area contributed by atoms with Gasteiger partial charge in [-0.2, -0.15) is 0 Å². The Morgan fingerprint density at radius 1 is 0.857 bits per heavy atom. The van der Waals surface area contributed by atoms with Gasteiger partial charge in [-0.05, 0) is 29.7 Å². The highest BCUT2D eigenvalue weighted by Gasteiger charge is 2.15. The third-order valence-electron chi connectivity index (χ3n) is 4.24. The van der Waals surface area contributed by atoms with Crippen molar-refractivity contribution in [2.75, 3.05) is 6.54 Å². The third-order valence-corrected chi connectivity index (χ3v) is 5.38. The fourth-order valence-corrected chi connectivity index (χ4v) is 3.70. The summed E-state index contributed by atoms with van der Waals surface area (Å²) in [6.45, 7) is 0.653. The first-order chi connectivity index (χ1) is 13.6. The molecule has 1 atom stereocenters. The molecule has 0 saturated carbocycles. The second kappa shape index (κ2) is 9.82. The van der Waals surface area contributed by atoms with E-state index in [0.29, 0.717) is 13.0 Å². The average Bonchev–Trinajstić information content (AvgIpc) is 3.22. The maximum atomic E-state index is 12.0. The van der Waals surface area contributed by atoms with Crippen molar-refractivity contribution in [2.24, 2.45) is 0 Å². The molecule has 0 aliphatic heterocycles. The average molecular weight is 394 g/mol. The molecule has 5 nitrogen and oxygen atoms in total. The van der Waals surface area contributed by atoms with E-state index in [1.807, 2.05) is 72.8 Å². The number of nitrogens with one attached hydrogen (secondary N) is 2. The molecule has 0 fully saturated rings. The van der Waals surface area contributed by atoms with Crippen molar-refractivity contribution in [1.82, 2.24) is 10.6 Å². The molecule has 0 radical (unpaired) electrons. The summed E-state index contributed by atoms with van der Waals surface area (Å²) in [5, 5.41) is 15.7. The van der Waals surface area contributed by atoms with Gasteiger partial charge in [-0.15, -0.1) is 11.3 Å². The number of amides is 2. The first-order valence-electron chi connectivity index (χ1n) is 9.05. The molecule has 144 valence electrons. The second-order valence-electron chi connectivity index (χ2n) is 6.29. The molecule has 1 unspecified atom stereocenters. The number of aliphatic hydroxyl groups excluding tert-OH is 1. The van der Waals surface area contributed by atoms with Crippen LogP contribution in [0.1, 0.15) is 27.0 Å². The zero-order chi connectivity index (χ0) is 19.8. The van der Waals surface area contributed by atoms with Crippen LogP contribution in [0.3, 0.4) is 0 Å². The van der Waals surface area contributed by atoms with Gasteiger partial charge in [0.15, 0.2) is 0 Å². The van der Waals surface area contributed by atoms with Crippen molar-refractivity contribution in [1.29, 1.82) is 0 Å². The van der Waals surface area contributed by atoms with Crippen LogP contribution in [-0.2, 0) is 22.6 Å². The first-order valence-corrected chi connectivity index (χ1v) is 9.86. The zero-order valence-corrected chi connectivity index (χ0v) is 16.1. The van der Waals surface area contributed by atoms with Crippen LogP contribution in [0.15, 0.2) is 72.8 Å². The molecule has 1 heterocycles. The largest absolute Gasteiger partial charge is 0.383 e. The van der Waals surface area contributed by atoms with Gasteiger partial charge in [-0.1, -0.05) is 60.7 Å². The summed E-state index contributed by atoms with van der Waals surface area (Å²) in [6, 6.07) is 22.8. The lowest BCUT2D eigenvalue weighted by Gasteiger charge is -2.08. The van der Waals surface area contributed by atoms with Crippen molar-refractivity contribution >= 4 is 23.2 Å². The Labute approximate surface area is 168 Å². The molecule has 2 amide bonds. The fraction of sp³-hybridized carbons (Fsp3) is 0.182. The molecule has 1 aromatic heterocycles. The SMILES string of the molecule is O=C(NCCc1ccccc1)C(=O)NCc1ccc(C(O)c2ccccc2)s1. The van der Waals surface area contributed by atoms with Crippen molar-refractivity contribution in [3.63, 3.8) is 0 Å². The fourth-order valence-electron chi connectivity index (χ4n) is 2.73. The van der Waals surface area contributed by atoms with Gasteiger partial charge >= 0.3 is 11.8 Å². The maximum absolute atomic E-state index is 12.0. The van der Waals surface area contributed by atoms with Crippen molar-refractivity contribution in [3.8, 4) is 0 Å². The summed E-state index contributed by atoms with van der Waals surface area (Å²) in [6.07, 6.45) is -0.0251. The number of carbonyl (C=O) groups excluding carboxylic acids is 2. The summed E-state index contributed by atoms with van der Waals surface area (Å²) in [5.74, 6) is -1.30. The van der Waals surface area contributed by atoms with Crippen LogP contribution in [0.2, 0.25) is 0 Å². The molecule has 0 bridgehead atoms. The van der Waals surface area contributed by atoms with E-state index < -0.39 is 17.9 Å². The predicted octanol–water partition coefficient (Wildman–Crippen LogP) is 2.80. The van der Waals surface area contributed by atoms with Gasteiger partial charge in [0.1, 0.15) is 6.10 Å². The number of hydrogen-bond donors (Lipinski definition) is 3. The van der Waals surface area contributed by atoms with E-state index in [9.17, 15) is 14.7 Å². The number of aliphatic hydroxyl groups is 1. The van der Waals surface area contributed by atoms with Crippen LogP contribution in [0, 0.1) is 0 Å². The lowest BCUT2D eigenvalue weighted by atomic mass is 10.1. The van der Waals surface area contributed by atoms with Crippen LogP contribution in [0.25, 0.3) is 0 Å². The summed E-state index contributed by atoms with van der Waals surface area (Å²) in [5.41, 5.74) is 1.92. The standard InChI is InChI=1S/C22H22N2O3S/c25-20(17-9-5-2-6-10-17)19-12-11-18(28-19)15-24-22(27)21(26)23-14-13-16-7-3-1-4-8-16/h1-12,20,25H,13-15H2,(H,23,26)(H,24,27). The molecule has 28 heavy (non-hydrogen) atoms. The van der Waals surface area contributed by atoms with Crippen molar-refractivity contribution < 1.29 is 14.7 Å². The topological polar surface area (TPSA) is 78.4 Å². The van der Waals surface area contributed by atoms with Gasteiger partial charge in [-0.3, -0.25) is 9.59 Å². The molecule has 0 aliphatic carbocycles. The minimum Gasteiger partial charge on any atom is -0.383 e. The van der Waals surface area contributed by atoms with E-state index >= 15 is 0 Å². The Morgan fingerprint density at radius 2 is 1.50 bits per heavy atom. The number of thiophene rings is 1. The summed E-state index contributed by atoms with van der Waals surface area (Å²) in [4.78, 5) is 25.5.